The first-order valence-electron chi connectivity index (χ1n) is 6.24. The van der Waals surface area contributed by atoms with Crippen LogP contribution in [0.1, 0.15) is 43.9 Å². The summed E-state index contributed by atoms with van der Waals surface area (Å²) in [6, 6.07) is 4.39. The summed E-state index contributed by atoms with van der Waals surface area (Å²) in [6.45, 7) is 12.5. The van der Waals surface area contributed by atoms with Crippen LogP contribution in [0.15, 0.2) is 12.1 Å². The van der Waals surface area contributed by atoms with E-state index in [0.29, 0.717) is 0 Å². The molecular formula is C15H25NO. The number of aryl methyl sites for hydroxylation is 2. The Balaban J connectivity index is 2.99. The van der Waals surface area contributed by atoms with Gasteiger partial charge in [-0.1, -0.05) is 12.1 Å². The van der Waals surface area contributed by atoms with Crippen molar-refractivity contribution in [2.75, 3.05) is 0 Å². The standard InChI is InChI=1S/C15H25NO/c1-10-7-8-11(2)14(13(10)4)17-15(5,6)9-12(3)16/h7-8,12H,9,16H2,1-6H3. The predicted octanol–water partition coefficient (Wildman–Crippen LogP) is 3.51. The van der Waals surface area contributed by atoms with Crippen LogP contribution in [0.5, 0.6) is 5.75 Å². The molecule has 1 aromatic rings. The Morgan fingerprint density at radius 1 is 1.18 bits per heavy atom. The summed E-state index contributed by atoms with van der Waals surface area (Å²) in [4.78, 5) is 0. The maximum atomic E-state index is 6.18. The number of rotatable bonds is 4. The van der Waals surface area contributed by atoms with E-state index >= 15 is 0 Å². The number of hydrogen-bond acceptors (Lipinski definition) is 2. The molecule has 0 aromatic heterocycles. The first kappa shape index (κ1) is 14.0. The lowest BCUT2D eigenvalue weighted by Crippen LogP contribution is -2.35. The van der Waals surface area contributed by atoms with Crippen LogP contribution in [0, 0.1) is 20.8 Å². The molecule has 0 spiro atoms. The zero-order valence-electron chi connectivity index (χ0n) is 11.9. The molecule has 0 fully saturated rings. The fraction of sp³-hybridized carbons (Fsp3) is 0.600. The van der Waals surface area contributed by atoms with Crippen molar-refractivity contribution in [2.24, 2.45) is 5.73 Å². The van der Waals surface area contributed by atoms with Crippen LogP contribution in [0.2, 0.25) is 0 Å². The molecule has 1 atom stereocenters. The molecule has 2 nitrogen and oxygen atoms in total. The Labute approximate surface area is 105 Å². The fourth-order valence-electron chi connectivity index (χ4n) is 2.18. The molecule has 0 heterocycles. The molecule has 17 heavy (non-hydrogen) atoms. The van der Waals surface area contributed by atoms with E-state index in [9.17, 15) is 0 Å². The molecule has 0 bridgehead atoms. The second-order valence-electron chi connectivity index (χ2n) is 5.70. The molecule has 2 N–H and O–H groups in total. The molecule has 1 unspecified atom stereocenters. The zero-order valence-corrected chi connectivity index (χ0v) is 11.9. The van der Waals surface area contributed by atoms with E-state index in [0.717, 1.165) is 12.2 Å². The number of nitrogens with two attached hydrogens (primary N) is 1. The van der Waals surface area contributed by atoms with Crippen molar-refractivity contribution in [3.63, 3.8) is 0 Å². The molecule has 0 amide bonds. The summed E-state index contributed by atoms with van der Waals surface area (Å²) in [5.74, 6) is 1.01. The van der Waals surface area contributed by atoms with Crippen molar-refractivity contribution >= 4 is 0 Å². The normalized spacial score (nSPS) is 13.6. The average Bonchev–Trinajstić information content (AvgIpc) is 2.17. The van der Waals surface area contributed by atoms with E-state index in [1.807, 2.05) is 6.92 Å². The van der Waals surface area contributed by atoms with Crippen LogP contribution in [-0.4, -0.2) is 11.6 Å². The van der Waals surface area contributed by atoms with E-state index in [2.05, 4.69) is 46.8 Å². The van der Waals surface area contributed by atoms with Gasteiger partial charge < -0.3 is 10.5 Å². The third-order valence-electron chi connectivity index (χ3n) is 3.07. The van der Waals surface area contributed by atoms with Gasteiger partial charge in [-0.15, -0.1) is 0 Å². The molecule has 0 saturated carbocycles. The van der Waals surface area contributed by atoms with Crippen molar-refractivity contribution in [3.8, 4) is 5.75 Å². The van der Waals surface area contributed by atoms with Gasteiger partial charge in [0.2, 0.25) is 0 Å². The second kappa shape index (κ2) is 5.09. The average molecular weight is 235 g/mol. The van der Waals surface area contributed by atoms with Crippen molar-refractivity contribution in [2.45, 2.75) is 59.6 Å². The van der Waals surface area contributed by atoms with Crippen LogP contribution in [0.4, 0.5) is 0 Å². The van der Waals surface area contributed by atoms with E-state index < -0.39 is 0 Å². The quantitative estimate of drug-likeness (QED) is 0.866. The zero-order chi connectivity index (χ0) is 13.2. The first-order valence-corrected chi connectivity index (χ1v) is 6.24. The van der Waals surface area contributed by atoms with E-state index in [1.54, 1.807) is 0 Å². The maximum absolute atomic E-state index is 6.18. The van der Waals surface area contributed by atoms with Crippen LogP contribution in [0.25, 0.3) is 0 Å². The molecule has 0 aliphatic rings. The monoisotopic (exact) mass is 235 g/mol. The Bertz CT molecular complexity index is 394. The van der Waals surface area contributed by atoms with Gasteiger partial charge in [-0.3, -0.25) is 0 Å². The molecule has 96 valence electrons. The van der Waals surface area contributed by atoms with Gasteiger partial charge in [0.15, 0.2) is 0 Å². The maximum Gasteiger partial charge on any atom is 0.126 e. The summed E-state index contributed by atoms with van der Waals surface area (Å²) >= 11 is 0. The Hall–Kier alpha value is -1.02. The molecule has 0 saturated heterocycles. The smallest absolute Gasteiger partial charge is 0.126 e. The van der Waals surface area contributed by atoms with Gasteiger partial charge in [-0.05, 0) is 58.2 Å². The number of benzene rings is 1. The first-order chi connectivity index (χ1) is 7.73. The van der Waals surface area contributed by atoms with Crippen LogP contribution in [-0.2, 0) is 0 Å². The highest BCUT2D eigenvalue weighted by molar-refractivity contribution is 5.44. The summed E-state index contributed by atoms with van der Waals surface area (Å²) in [7, 11) is 0. The molecule has 1 aromatic carbocycles. The van der Waals surface area contributed by atoms with E-state index in [4.69, 9.17) is 10.5 Å². The lowest BCUT2D eigenvalue weighted by molar-refractivity contribution is 0.0914. The third-order valence-corrected chi connectivity index (χ3v) is 3.07. The highest BCUT2D eigenvalue weighted by Crippen LogP contribution is 2.30. The van der Waals surface area contributed by atoms with Gasteiger partial charge in [0.05, 0.1) is 0 Å². The van der Waals surface area contributed by atoms with Crippen LogP contribution < -0.4 is 10.5 Å². The van der Waals surface area contributed by atoms with Crippen molar-refractivity contribution in [1.82, 2.24) is 0 Å². The molecule has 0 aliphatic carbocycles. The van der Waals surface area contributed by atoms with Crippen LogP contribution >= 0.6 is 0 Å². The number of hydrogen-bond donors (Lipinski definition) is 1. The van der Waals surface area contributed by atoms with Crippen LogP contribution in [0.3, 0.4) is 0 Å². The van der Waals surface area contributed by atoms with Gasteiger partial charge in [-0.25, -0.2) is 0 Å². The summed E-state index contributed by atoms with van der Waals surface area (Å²) in [5.41, 5.74) is 9.31. The van der Waals surface area contributed by atoms with Gasteiger partial charge in [-0.2, -0.15) is 0 Å². The number of ether oxygens (including phenoxy) is 1. The van der Waals surface area contributed by atoms with Crippen molar-refractivity contribution < 1.29 is 4.74 Å². The van der Waals surface area contributed by atoms with Gasteiger partial charge in [0.25, 0.3) is 0 Å². The summed E-state index contributed by atoms with van der Waals surface area (Å²) in [5, 5.41) is 0. The minimum Gasteiger partial charge on any atom is -0.487 e. The van der Waals surface area contributed by atoms with Gasteiger partial charge >= 0.3 is 0 Å². The molecule has 2 heteroatoms. The highest BCUT2D eigenvalue weighted by Gasteiger charge is 2.23. The predicted molar refractivity (Wildman–Crippen MR) is 73.6 cm³/mol. The van der Waals surface area contributed by atoms with Gasteiger partial charge in [0.1, 0.15) is 11.4 Å². The van der Waals surface area contributed by atoms with E-state index in [-0.39, 0.29) is 11.6 Å². The fourth-order valence-corrected chi connectivity index (χ4v) is 2.18. The minimum absolute atomic E-state index is 0.149. The molecular weight excluding hydrogens is 210 g/mol. The molecule has 0 radical (unpaired) electrons. The Morgan fingerprint density at radius 3 is 2.24 bits per heavy atom. The molecule has 1 rings (SSSR count). The summed E-state index contributed by atoms with van der Waals surface area (Å²) in [6.07, 6.45) is 0.847. The highest BCUT2D eigenvalue weighted by atomic mass is 16.5. The lowest BCUT2D eigenvalue weighted by atomic mass is 9.99. The summed E-state index contributed by atoms with van der Waals surface area (Å²) < 4.78 is 6.18. The minimum atomic E-state index is -0.225. The second-order valence-corrected chi connectivity index (χ2v) is 5.70. The topological polar surface area (TPSA) is 35.2 Å². The third kappa shape index (κ3) is 3.74. The van der Waals surface area contributed by atoms with Crippen molar-refractivity contribution in [3.05, 3.63) is 28.8 Å². The van der Waals surface area contributed by atoms with E-state index in [1.165, 1.54) is 16.7 Å². The Morgan fingerprint density at radius 2 is 1.71 bits per heavy atom. The Kier molecular flexibility index (Phi) is 4.21. The lowest BCUT2D eigenvalue weighted by Gasteiger charge is -2.30. The molecule has 0 aliphatic heterocycles. The van der Waals surface area contributed by atoms with Gasteiger partial charge in [0, 0.05) is 12.5 Å². The SMILES string of the molecule is Cc1ccc(C)c(OC(C)(C)CC(C)N)c1C. The van der Waals surface area contributed by atoms with Crippen molar-refractivity contribution in [1.29, 1.82) is 0 Å². The largest absolute Gasteiger partial charge is 0.487 e.